The Morgan fingerprint density at radius 3 is 2.71 bits per heavy atom. The van der Waals surface area contributed by atoms with Crippen molar-refractivity contribution < 1.29 is 8.42 Å². The molecule has 0 bridgehead atoms. The molecule has 3 aromatic rings. The zero-order valence-electron chi connectivity index (χ0n) is 11.7. The molecule has 2 aromatic heterocycles. The van der Waals surface area contributed by atoms with Crippen molar-refractivity contribution in [3.63, 3.8) is 0 Å². The summed E-state index contributed by atoms with van der Waals surface area (Å²) in [4.78, 5) is 8.73. The van der Waals surface area contributed by atoms with Crippen molar-refractivity contribution >= 4 is 37.8 Å². The molecule has 0 saturated carbocycles. The Kier molecular flexibility index (Phi) is 3.07. The third-order valence-corrected chi connectivity index (χ3v) is 3.94. The van der Waals surface area contributed by atoms with E-state index < -0.39 is 10.0 Å². The summed E-state index contributed by atoms with van der Waals surface area (Å²) < 4.78 is 26.9. The van der Waals surface area contributed by atoms with Crippen LogP contribution in [0.3, 0.4) is 0 Å². The number of para-hydroxylation sites is 1. The van der Waals surface area contributed by atoms with Crippen molar-refractivity contribution in [3.8, 4) is 0 Å². The Morgan fingerprint density at radius 1 is 1.29 bits per heavy atom. The van der Waals surface area contributed by atoms with Crippen LogP contribution in [-0.4, -0.2) is 29.2 Å². The molecule has 21 heavy (non-hydrogen) atoms. The standard InChI is InChI=1S/C13H15N5O2S/c1-8-16-11-12(18(8)7-15-21(2,19)20)9-5-3-4-6-10(9)17-13(11)14/h3-6,15H,7H2,1-2H3,(H2,14,17). The Balaban J connectivity index is 2.31. The van der Waals surface area contributed by atoms with Crippen molar-refractivity contribution in [3.05, 3.63) is 30.1 Å². The number of nitrogens with two attached hydrogens (primary N) is 1. The number of imidazole rings is 1. The largest absolute Gasteiger partial charge is 0.382 e. The van der Waals surface area contributed by atoms with Crippen LogP contribution < -0.4 is 10.5 Å². The minimum Gasteiger partial charge on any atom is -0.382 e. The quantitative estimate of drug-likeness (QED) is 0.751. The zero-order valence-corrected chi connectivity index (χ0v) is 12.5. The number of nitrogen functional groups attached to an aromatic ring is 1. The van der Waals surface area contributed by atoms with E-state index >= 15 is 0 Å². The highest BCUT2D eigenvalue weighted by molar-refractivity contribution is 7.88. The first-order valence-corrected chi connectivity index (χ1v) is 8.21. The number of pyridine rings is 1. The number of rotatable bonds is 3. The van der Waals surface area contributed by atoms with E-state index in [9.17, 15) is 8.42 Å². The average Bonchev–Trinajstić information content (AvgIpc) is 2.73. The lowest BCUT2D eigenvalue weighted by atomic mass is 10.2. The van der Waals surface area contributed by atoms with Crippen molar-refractivity contribution in [2.24, 2.45) is 0 Å². The summed E-state index contributed by atoms with van der Waals surface area (Å²) in [6.07, 6.45) is 1.12. The molecule has 0 aliphatic rings. The number of nitrogens with one attached hydrogen (secondary N) is 1. The first kappa shape index (κ1) is 13.8. The Hall–Kier alpha value is -2.19. The molecule has 2 heterocycles. The van der Waals surface area contributed by atoms with Gasteiger partial charge in [-0.05, 0) is 13.0 Å². The van der Waals surface area contributed by atoms with Crippen LogP contribution in [0.15, 0.2) is 24.3 Å². The van der Waals surface area contributed by atoms with Gasteiger partial charge in [0.05, 0.1) is 24.0 Å². The van der Waals surface area contributed by atoms with E-state index in [1.54, 1.807) is 11.5 Å². The first-order valence-electron chi connectivity index (χ1n) is 6.32. The summed E-state index contributed by atoms with van der Waals surface area (Å²) >= 11 is 0. The molecule has 0 unspecified atom stereocenters. The molecule has 0 aliphatic heterocycles. The molecule has 0 spiro atoms. The number of fused-ring (bicyclic) bond motifs is 3. The monoisotopic (exact) mass is 305 g/mol. The van der Waals surface area contributed by atoms with E-state index in [0.717, 1.165) is 22.7 Å². The number of hydrogen-bond donors (Lipinski definition) is 2. The number of benzene rings is 1. The van der Waals surface area contributed by atoms with E-state index in [0.29, 0.717) is 17.2 Å². The van der Waals surface area contributed by atoms with Gasteiger partial charge in [-0.25, -0.2) is 18.4 Å². The van der Waals surface area contributed by atoms with Crippen LogP contribution in [-0.2, 0) is 16.7 Å². The lowest BCUT2D eigenvalue weighted by Gasteiger charge is -2.09. The van der Waals surface area contributed by atoms with Crippen LogP contribution >= 0.6 is 0 Å². The topological polar surface area (TPSA) is 103 Å². The molecule has 0 fully saturated rings. The van der Waals surface area contributed by atoms with E-state index in [2.05, 4.69) is 14.7 Å². The van der Waals surface area contributed by atoms with Crippen LogP contribution in [0.4, 0.5) is 5.82 Å². The summed E-state index contributed by atoms with van der Waals surface area (Å²) in [5.74, 6) is 1.01. The fourth-order valence-corrected chi connectivity index (χ4v) is 2.71. The zero-order chi connectivity index (χ0) is 15.2. The Morgan fingerprint density at radius 2 is 2.00 bits per heavy atom. The smallest absolute Gasteiger partial charge is 0.210 e. The second-order valence-electron chi connectivity index (χ2n) is 4.87. The lowest BCUT2D eigenvalue weighted by Crippen LogP contribution is -2.25. The number of aryl methyl sites for hydroxylation is 1. The van der Waals surface area contributed by atoms with Gasteiger partial charge in [0.25, 0.3) is 0 Å². The highest BCUT2D eigenvalue weighted by atomic mass is 32.2. The van der Waals surface area contributed by atoms with E-state index in [1.807, 2.05) is 24.3 Å². The van der Waals surface area contributed by atoms with Crippen molar-refractivity contribution in [2.75, 3.05) is 12.0 Å². The van der Waals surface area contributed by atoms with Crippen molar-refractivity contribution in [2.45, 2.75) is 13.6 Å². The summed E-state index contributed by atoms with van der Waals surface area (Å²) in [7, 11) is -3.29. The van der Waals surface area contributed by atoms with Gasteiger partial charge in [-0.1, -0.05) is 18.2 Å². The fourth-order valence-electron chi connectivity index (χ4n) is 2.35. The molecular weight excluding hydrogens is 290 g/mol. The van der Waals surface area contributed by atoms with Gasteiger partial charge in [0, 0.05) is 5.39 Å². The van der Waals surface area contributed by atoms with Crippen LogP contribution in [0.2, 0.25) is 0 Å². The highest BCUT2D eigenvalue weighted by Gasteiger charge is 2.15. The van der Waals surface area contributed by atoms with Gasteiger partial charge in [0.2, 0.25) is 10.0 Å². The molecule has 7 nitrogen and oxygen atoms in total. The van der Waals surface area contributed by atoms with Crippen LogP contribution in [0, 0.1) is 6.92 Å². The van der Waals surface area contributed by atoms with Crippen LogP contribution in [0.1, 0.15) is 5.82 Å². The van der Waals surface area contributed by atoms with Gasteiger partial charge in [-0.2, -0.15) is 4.72 Å². The minimum absolute atomic E-state index is 0.106. The summed E-state index contributed by atoms with van der Waals surface area (Å²) in [6.45, 7) is 1.91. The maximum Gasteiger partial charge on any atom is 0.210 e. The van der Waals surface area contributed by atoms with Gasteiger partial charge in [-0.3, -0.25) is 0 Å². The molecule has 0 atom stereocenters. The van der Waals surface area contributed by atoms with E-state index in [4.69, 9.17) is 5.73 Å². The van der Waals surface area contributed by atoms with E-state index in [1.165, 1.54) is 0 Å². The fraction of sp³-hybridized carbons (Fsp3) is 0.231. The second-order valence-corrected chi connectivity index (χ2v) is 6.71. The predicted octanol–water partition coefficient (Wildman–Crippen LogP) is 0.982. The normalized spacial score (nSPS) is 12.3. The summed E-state index contributed by atoms with van der Waals surface area (Å²) in [5, 5.41) is 0.887. The third-order valence-electron chi connectivity index (χ3n) is 3.29. The van der Waals surface area contributed by atoms with E-state index in [-0.39, 0.29) is 6.67 Å². The molecule has 3 rings (SSSR count). The average molecular weight is 305 g/mol. The van der Waals surface area contributed by atoms with Gasteiger partial charge in [-0.15, -0.1) is 0 Å². The maximum absolute atomic E-state index is 11.3. The molecular formula is C13H15N5O2S. The number of aromatic nitrogens is 3. The summed E-state index contributed by atoms with van der Waals surface area (Å²) in [5.41, 5.74) is 8.08. The highest BCUT2D eigenvalue weighted by Crippen LogP contribution is 2.28. The second kappa shape index (κ2) is 4.68. The SMILES string of the molecule is Cc1nc2c(N)nc3ccccc3c2n1CNS(C)(=O)=O. The van der Waals surface area contributed by atoms with Crippen molar-refractivity contribution in [1.29, 1.82) is 0 Å². The number of sulfonamides is 1. The molecule has 110 valence electrons. The lowest BCUT2D eigenvalue weighted by molar-refractivity contribution is 0.569. The molecule has 1 aromatic carbocycles. The number of anilines is 1. The Bertz CT molecular complexity index is 946. The molecule has 0 radical (unpaired) electrons. The minimum atomic E-state index is -3.29. The van der Waals surface area contributed by atoms with Crippen LogP contribution in [0.25, 0.3) is 21.9 Å². The molecule has 0 amide bonds. The van der Waals surface area contributed by atoms with Gasteiger partial charge < -0.3 is 10.3 Å². The van der Waals surface area contributed by atoms with Crippen LogP contribution in [0.5, 0.6) is 0 Å². The number of hydrogen-bond acceptors (Lipinski definition) is 5. The van der Waals surface area contributed by atoms with Crippen molar-refractivity contribution in [1.82, 2.24) is 19.3 Å². The van der Waals surface area contributed by atoms with Gasteiger partial charge in [0.1, 0.15) is 11.3 Å². The number of nitrogens with zero attached hydrogens (tertiary/aromatic N) is 3. The Labute approximate surface area is 121 Å². The first-order chi connectivity index (χ1) is 9.87. The molecule has 0 aliphatic carbocycles. The van der Waals surface area contributed by atoms with Gasteiger partial charge >= 0.3 is 0 Å². The molecule has 3 N–H and O–H groups in total. The summed E-state index contributed by atoms with van der Waals surface area (Å²) in [6, 6.07) is 7.56. The third kappa shape index (κ3) is 2.43. The molecule has 0 saturated heterocycles. The predicted molar refractivity (Wildman–Crippen MR) is 82.2 cm³/mol. The maximum atomic E-state index is 11.3. The van der Waals surface area contributed by atoms with Gasteiger partial charge in [0.15, 0.2) is 5.82 Å². The molecule has 8 heteroatoms.